The van der Waals surface area contributed by atoms with Gasteiger partial charge in [0.1, 0.15) is 0 Å². The maximum Gasteiger partial charge on any atom is 0.254 e. The van der Waals surface area contributed by atoms with Crippen LogP contribution in [0.4, 0.5) is 0 Å². The highest BCUT2D eigenvalue weighted by atomic mass is 32.1. The molecule has 1 aliphatic rings. The van der Waals surface area contributed by atoms with Crippen LogP contribution < -0.4 is 0 Å². The quantitative estimate of drug-likeness (QED) is 0.873. The summed E-state index contributed by atoms with van der Waals surface area (Å²) in [5.41, 5.74) is 0.775. The Morgan fingerprint density at radius 2 is 2.38 bits per heavy atom. The van der Waals surface area contributed by atoms with Crippen LogP contribution in [0.2, 0.25) is 0 Å². The van der Waals surface area contributed by atoms with Crippen LogP contribution in [-0.4, -0.2) is 34.0 Å². The Morgan fingerprint density at radius 3 is 3.05 bits per heavy atom. The summed E-state index contributed by atoms with van der Waals surface area (Å²) in [7, 11) is 0. The zero-order chi connectivity index (χ0) is 14.8. The average molecular weight is 305 g/mol. The number of nitrogens with zero attached hydrogens (tertiary/aromatic N) is 3. The van der Waals surface area contributed by atoms with E-state index in [1.165, 1.54) is 0 Å². The first-order valence-electron chi connectivity index (χ1n) is 7.30. The van der Waals surface area contributed by atoms with E-state index in [9.17, 15) is 4.79 Å². The van der Waals surface area contributed by atoms with Crippen molar-refractivity contribution >= 4 is 17.2 Å². The molecule has 0 aromatic carbocycles. The number of hydrogen-bond donors (Lipinski definition) is 0. The third-order valence-electron chi connectivity index (χ3n) is 3.79. The zero-order valence-corrected chi connectivity index (χ0v) is 13.1. The molecule has 112 valence electrons. The van der Waals surface area contributed by atoms with Gasteiger partial charge in [0.2, 0.25) is 5.89 Å². The molecule has 6 heteroatoms. The zero-order valence-electron chi connectivity index (χ0n) is 12.3. The SMILES string of the molecule is CC(C)c1nc(C2CCCN(C(=O)c3ccsc3)C2)no1. The first-order chi connectivity index (χ1) is 10.1. The van der Waals surface area contributed by atoms with E-state index in [2.05, 4.69) is 10.1 Å². The lowest BCUT2D eigenvalue weighted by molar-refractivity contribution is 0.0704. The second-order valence-corrected chi connectivity index (χ2v) is 6.53. The lowest BCUT2D eigenvalue weighted by Crippen LogP contribution is -2.39. The van der Waals surface area contributed by atoms with E-state index in [0.29, 0.717) is 12.4 Å². The molecule has 1 unspecified atom stereocenters. The van der Waals surface area contributed by atoms with Crippen molar-refractivity contribution in [1.82, 2.24) is 15.0 Å². The number of rotatable bonds is 3. The number of carbonyl (C=O) groups excluding carboxylic acids is 1. The largest absolute Gasteiger partial charge is 0.339 e. The van der Waals surface area contributed by atoms with Crippen molar-refractivity contribution in [3.05, 3.63) is 34.1 Å². The Hall–Kier alpha value is -1.69. The molecule has 1 aliphatic heterocycles. The van der Waals surface area contributed by atoms with Crippen molar-refractivity contribution < 1.29 is 9.32 Å². The number of likely N-dealkylation sites (tertiary alicyclic amines) is 1. The average Bonchev–Trinajstić information content (AvgIpc) is 3.18. The van der Waals surface area contributed by atoms with Crippen molar-refractivity contribution in [3.63, 3.8) is 0 Å². The summed E-state index contributed by atoms with van der Waals surface area (Å²) < 4.78 is 5.28. The van der Waals surface area contributed by atoms with Crippen LogP contribution in [-0.2, 0) is 0 Å². The van der Waals surface area contributed by atoms with Gasteiger partial charge < -0.3 is 9.42 Å². The first-order valence-corrected chi connectivity index (χ1v) is 8.24. The van der Waals surface area contributed by atoms with E-state index >= 15 is 0 Å². The first kappa shape index (κ1) is 14.3. The molecule has 1 saturated heterocycles. The molecule has 5 nitrogen and oxygen atoms in total. The molecule has 3 heterocycles. The van der Waals surface area contributed by atoms with Crippen LogP contribution in [0.15, 0.2) is 21.3 Å². The van der Waals surface area contributed by atoms with Gasteiger partial charge in [-0.05, 0) is 24.3 Å². The van der Waals surface area contributed by atoms with Crippen molar-refractivity contribution in [2.24, 2.45) is 0 Å². The fraction of sp³-hybridized carbons (Fsp3) is 0.533. The smallest absolute Gasteiger partial charge is 0.254 e. The molecule has 21 heavy (non-hydrogen) atoms. The molecule has 1 amide bonds. The van der Waals surface area contributed by atoms with E-state index in [0.717, 1.165) is 30.8 Å². The van der Waals surface area contributed by atoms with E-state index in [4.69, 9.17) is 4.52 Å². The number of piperidine rings is 1. The topological polar surface area (TPSA) is 59.2 Å². The molecule has 0 bridgehead atoms. The van der Waals surface area contributed by atoms with Crippen molar-refractivity contribution in [2.75, 3.05) is 13.1 Å². The second-order valence-electron chi connectivity index (χ2n) is 5.75. The normalized spacial score (nSPS) is 19.2. The summed E-state index contributed by atoms with van der Waals surface area (Å²) in [5, 5.41) is 7.93. The van der Waals surface area contributed by atoms with Gasteiger partial charge in [-0.15, -0.1) is 0 Å². The number of hydrogen-bond acceptors (Lipinski definition) is 5. The van der Waals surface area contributed by atoms with Gasteiger partial charge in [0, 0.05) is 30.3 Å². The molecule has 0 aliphatic carbocycles. The van der Waals surface area contributed by atoms with Gasteiger partial charge in [-0.2, -0.15) is 16.3 Å². The summed E-state index contributed by atoms with van der Waals surface area (Å²) >= 11 is 1.55. The van der Waals surface area contributed by atoms with Gasteiger partial charge in [-0.3, -0.25) is 4.79 Å². The fourth-order valence-electron chi connectivity index (χ4n) is 2.59. The summed E-state index contributed by atoms with van der Waals surface area (Å²) in [5.74, 6) is 1.93. The van der Waals surface area contributed by atoms with Gasteiger partial charge >= 0.3 is 0 Å². The molecule has 0 saturated carbocycles. The molecule has 0 N–H and O–H groups in total. The Morgan fingerprint density at radius 1 is 1.52 bits per heavy atom. The molecule has 2 aromatic rings. The lowest BCUT2D eigenvalue weighted by atomic mass is 9.97. The minimum atomic E-state index is 0.105. The van der Waals surface area contributed by atoms with E-state index in [1.807, 2.05) is 35.6 Å². The number of carbonyl (C=O) groups is 1. The predicted octanol–water partition coefficient (Wildman–Crippen LogP) is 3.27. The number of thiophene rings is 1. The monoisotopic (exact) mass is 305 g/mol. The van der Waals surface area contributed by atoms with Crippen LogP contribution in [0.5, 0.6) is 0 Å². The highest BCUT2D eigenvalue weighted by Crippen LogP contribution is 2.27. The van der Waals surface area contributed by atoms with Crippen LogP contribution in [0.25, 0.3) is 0 Å². The Balaban J connectivity index is 1.72. The van der Waals surface area contributed by atoms with Gasteiger partial charge in [-0.25, -0.2) is 0 Å². The molecule has 3 rings (SSSR count). The predicted molar refractivity (Wildman–Crippen MR) is 80.6 cm³/mol. The van der Waals surface area contributed by atoms with Crippen molar-refractivity contribution in [1.29, 1.82) is 0 Å². The van der Waals surface area contributed by atoms with E-state index in [1.54, 1.807) is 11.3 Å². The Bertz CT molecular complexity index is 606. The molecule has 1 atom stereocenters. The van der Waals surface area contributed by atoms with E-state index in [-0.39, 0.29) is 17.7 Å². The number of aromatic nitrogens is 2. The maximum absolute atomic E-state index is 12.4. The highest BCUT2D eigenvalue weighted by molar-refractivity contribution is 7.08. The van der Waals surface area contributed by atoms with Crippen LogP contribution in [0, 0.1) is 0 Å². The van der Waals surface area contributed by atoms with Gasteiger partial charge in [-0.1, -0.05) is 19.0 Å². The van der Waals surface area contributed by atoms with Crippen LogP contribution in [0.1, 0.15) is 60.6 Å². The Labute approximate surface area is 128 Å². The second kappa shape index (κ2) is 5.97. The lowest BCUT2D eigenvalue weighted by Gasteiger charge is -2.31. The third-order valence-corrected chi connectivity index (χ3v) is 4.48. The minimum absolute atomic E-state index is 0.105. The Kier molecular flexibility index (Phi) is 4.05. The van der Waals surface area contributed by atoms with Gasteiger partial charge in [0.25, 0.3) is 5.91 Å². The molecule has 1 fully saturated rings. The summed E-state index contributed by atoms with van der Waals surface area (Å²) in [4.78, 5) is 18.8. The molecular formula is C15H19N3O2S. The summed E-state index contributed by atoms with van der Waals surface area (Å²) in [6, 6.07) is 1.88. The standard InChI is InChI=1S/C15H19N3O2S/c1-10(2)14-16-13(17-20-14)11-4-3-6-18(8-11)15(19)12-5-7-21-9-12/h5,7,9-11H,3-4,6,8H2,1-2H3. The molecular weight excluding hydrogens is 286 g/mol. The molecule has 0 radical (unpaired) electrons. The summed E-state index contributed by atoms with van der Waals surface area (Å²) in [6.45, 7) is 5.54. The molecule has 2 aromatic heterocycles. The molecule has 0 spiro atoms. The van der Waals surface area contributed by atoms with Crippen LogP contribution >= 0.6 is 11.3 Å². The maximum atomic E-state index is 12.4. The van der Waals surface area contributed by atoms with E-state index < -0.39 is 0 Å². The third kappa shape index (κ3) is 3.00. The number of amides is 1. The van der Waals surface area contributed by atoms with Gasteiger partial charge in [0.05, 0.1) is 5.56 Å². The van der Waals surface area contributed by atoms with Crippen LogP contribution in [0.3, 0.4) is 0 Å². The van der Waals surface area contributed by atoms with Gasteiger partial charge in [0.15, 0.2) is 5.82 Å². The fourth-order valence-corrected chi connectivity index (χ4v) is 3.22. The highest BCUT2D eigenvalue weighted by Gasteiger charge is 2.28. The van der Waals surface area contributed by atoms with Crippen molar-refractivity contribution in [3.8, 4) is 0 Å². The van der Waals surface area contributed by atoms with Crippen molar-refractivity contribution in [2.45, 2.75) is 38.5 Å². The summed E-state index contributed by atoms with van der Waals surface area (Å²) in [6.07, 6.45) is 1.98. The minimum Gasteiger partial charge on any atom is -0.339 e.